The topological polar surface area (TPSA) is 63.2 Å². The molecule has 0 aliphatic heterocycles. The third kappa shape index (κ3) is 6.29. The average molecular weight is 392 g/mol. The summed E-state index contributed by atoms with van der Waals surface area (Å²) in [4.78, 5) is 15.9. The monoisotopic (exact) mass is 391 g/mol. The highest BCUT2D eigenvalue weighted by molar-refractivity contribution is 9.10. The molecule has 5 nitrogen and oxygen atoms in total. The van der Waals surface area contributed by atoms with Crippen LogP contribution in [0.1, 0.15) is 24.6 Å². The fourth-order valence-corrected chi connectivity index (χ4v) is 2.51. The number of aromatic nitrogens is 1. The Morgan fingerprint density at radius 2 is 2.17 bits per heavy atom. The third-order valence-electron chi connectivity index (χ3n) is 3.30. The fourth-order valence-electron chi connectivity index (χ4n) is 2.10. The van der Waals surface area contributed by atoms with Crippen molar-refractivity contribution in [2.24, 2.45) is 0 Å². The SMILES string of the molecule is CCCNC(=O)CNCc1cc(Br)ccc1OCc1ccccn1. The molecule has 0 saturated heterocycles. The van der Waals surface area contributed by atoms with Crippen LogP contribution < -0.4 is 15.4 Å². The highest BCUT2D eigenvalue weighted by atomic mass is 79.9. The van der Waals surface area contributed by atoms with Gasteiger partial charge in [0, 0.05) is 29.3 Å². The molecule has 1 heterocycles. The molecule has 2 aromatic rings. The van der Waals surface area contributed by atoms with Crippen LogP contribution in [0.4, 0.5) is 0 Å². The number of benzene rings is 1. The summed E-state index contributed by atoms with van der Waals surface area (Å²) in [5.74, 6) is 0.785. The average Bonchev–Trinajstić information content (AvgIpc) is 2.60. The van der Waals surface area contributed by atoms with Gasteiger partial charge in [-0.3, -0.25) is 9.78 Å². The van der Waals surface area contributed by atoms with Gasteiger partial charge in [0.25, 0.3) is 0 Å². The van der Waals surface area contributed by atoms with Crippen molar-refractivity contribution < 1.29 is 9.53 Å². The number of pyridine rings is 1. The van der Waals surface area contributed by atoms with Crippen LogP contribution in [-0.2, 0) is 17.9 Å². The van der Waals surface area contributed by atoms with E-state index in [2.05, 4.69) is 31.5 Å². The fraction of sp³-hybridized carbons (Fsp3) is 0.333. The van der Waals surface area contributed by atoms with Gasteiger partial charge in [-0.2, -0.15) is 0 Å². The molecule has 0 radical (unpaired) electrons. The lowest BCUT2D eigenvalue weighted by atomic mass is 10.2. The summed E-state index contributed by atoms with van der Waals surface area (Å²) in [6.45, 7) is 3.98. The van der Waals surface area contributed by atoms with Crippen LogP contribution in [0.2, 0.25) is 0 Å². The Hall–Kier alpha value is -1.92. The molecular weight excluding hydrogens is 370 g/mol. The summed E-state index contributed by atoms with van der Waals surface area (Å²) in [5, 5.41) is 5.99. The molecule has 6 heteroatoms. The summed E-state index contributed by atoms with van der Waals surface area (Å²) in [7, 11) is 0. The molecule has 0 aliphatic carbocycles. The smallest absolute Gasteiger partial charge is 0.233 e. The second kappa shape index (κ2) is 10.1. The summed E-state index contributed by atoms with van der Waals surface area (Å²) >= 11 is 3.47. The molecule has 1 aromatic heterocycles. The first kappa shape index (κ1) is 18.4. The number of rotatable bonds is 9. The molecule has 2 N–H and O–H groups in total. The first-order chi connectivity index (χ1) is 11.7. The molecule has 0 spiro atoms. The van der Waals surface area contributed by atoms with Crippen molar-refractivity contribution in [3.8, 4) is 5.75 Å². The summed E-state index contributed by atoms with van der Waals surface area (Å²) < 4.78 is 6.85. The molecule has 0 unspecified atom stereocenters. The van der Waals surface area contributed by atoms with E-state index < -0.39 is 0 Å². The van der Waals surface area contributed by atoms with Gasteiger partial charge >= 0.3 is 0 Å². The molecule has 0 bridgehead atoms. The zero-order valence-corrected chi connectivity index (χ0v) is 15.3. The number of nitrogens with zero attached hydrogens (tertiary/aromatic N) is 1. The highest BCUT2D eigenvalue weighted by Gasteiger charge is 2.07. The van der Waals surface area contributed by atoms with Gasteiger partial charge in [-0.05, 0) is 36.8 Å². The van der Waals surface area contributed by atoms with Crippen molar-refractivity contribution in [2.45, 2.75) is 26.5 Å². The van der Waals surface area contributed by atoms with Crippen molar-refractivity contribution >= 4 is 21.8 Å². The zero-order chi connectivity index (χ0) is 17.2. The molecule has 24 heavy (non-hydrogen) atoms. The van der Waals surface area contributed by atoms with Gasteiger partial charge in [-0.25, -0.2) is 0 Å². The number of ether oxygens (including phenoxy) is 1. The number of halogens is 1. The molecule has 0 aliphatic rings. The summed E-state index contributed by atoms with van der Waals surface area (Å²) in [5.41, 5.74) is 1.86. The Morgan fingerprint density at radius 3 is 2.92 bits per heavy atom. The quantitative estimate of drug-likeness (QED) is 0.689. The number of carbonyl (C=O) groups excluding carboxylic acids is 1. The van der Waals surface area contributed by atoms with Gasteiger partial charge in [0.2, 0.25) is 5.91 Å². The highest BCUT2D eigenvalue weighted by Crippen LogP contribution is 2.24. The maximum atomic E-state index is 11.6. The molecule has 0 fully saturated rings. The van der Waals surface area contributed by atoms with E-state index in [0.29, 0.717) is 19.7 Å². The lowest BCUT2D eigenvalue weighted by Gasteiger charge is -2.13. The number of carbonyl (C=O) groups is 1. The van der Waals surface area contributed by atoms with Crippen molar-refractivity contribution in [1.29, 1.82) is 0 Å². The van der Waals surface area contributed by atoms with E-state index in [0.717, 1.165) is 27.9 Å². The zero-order valence-electron chi connectivity index (χ0n) is 13.7. The van der Waals surface area contributed by atoms with Gasteiger partial charge in [0.15, 0.2) is 0 Å². The first-order valence-electron chi connectivity index (χ1n) is 7.97. The molecule has 128 valence electrons. The second-order valence-electron chi connectivity index (χ2n) is 5.32. The van der Waals surface area contributed by atoms with Crippen molar-refractivity contribution in [2.75, 3.05) is 13.1 Å². The van der Waals surface area contributed by atoms with E-state index in [1.54, 1.807) is 6.20 Å². The molecule has 1 aromatic carbocycles. The second-order valence-corrected chi connectivity index (χ2v) is 6.23. The van der Waals surface area contributed by atoms with E-state index in [1.165, 1.54) is 0 Å². The summed E-state index contributed by atoms with van der Waals surface area (Å²) in [6, 6.07) is 11.6. The Kier molecular flexibility index (Phi) is 7.71. The Bertz CT molecular complexity index is 650. The van der Waals surface area contributed by atoms with Gasteiger partial charge in [-0.15, -0.1) is 0 Å². The van der Waals surface area contributed by atoms with E-state index in [4.69, 9.17) is 4.74 Å². The van der Waals surface area contributed by atoms with E-state index in [-0.39, 0.29) is 12.5 Å². The number of hydrogen-bond donors (Lipinski definition) is 2. The minimum Gasteiger partial charge on any atom is -0.487 e. The molecule has 2 rings (SSSR count). The number of hydrogen-bond acceptors (Lipinski definition) is 4. The van der Waals surface area contributed by atoms with Gasteiger partial charge in [0.05, 0.1) is 12.2 Å². The van der Waals surface area contributed by atoms with Gasteiger partial charge < -0.3 is 15.4 Å². The predicted octanol–water partition coefficient (Wildman–Crippen LogP) is 3.04. The summed E-state index contributed by atoms with van der Waals surface area (Å²) in [6.07, 6.45) is 2.68. The Morgan fingerprint density at radius 1 is 1.29 bits per heavy atom. The number of amides is 1. The van der Waals surface area contributed by atoms with Gasteiger partial charge in [0.1, 0.15) is 12.4 Å². The van der Waals surface area contributed by atoms with Crippen LogP contribution in [0.15, 0.2) is 47.1 Å². The normalized spacial score (nSPS) is 10.4. The lowest BCUT2D eigenvalue weighted by Crippen LogP contribution is -2.34. The van der Waals surface area contributed by atoms with Gasteiger partial charge in [-0.1, -0.05) is 28.9 Å². The Labute approximate surface area is 151 Å². The van der Waals surface area contributed by atoms with Crippen LogP contribution in [-0.4, -0.2) is 24.0 Å². The Balaban J connectivity index is 1.91. The van der Waals surface area contributed by atoms with E-state index >= 15 is 0 Å². The van der Waals surface area contributed by atoms with Crippen LogP contribution in [0.3, 0.4) is 0 Å². The first-order valence-corrected chi connectivity index (χ1v) is 8.77. The standard InChI is InChI=1S/C18H22BrN3O2/c1-2-8-22-18(23)12-20-11-14-10-15(19)6-7-17(14)24-13-16-5-3-4-9-21-16/h3-7,9-10,20H,2,8,11-13H2,1H3,(H,22,23). The molecule has 1 amide bonds. The molecule has 0 atom stereocenters. The van der Waals surface area contributed by atoms with E-state index in [9.17, 15) is 4.79 Å². The van der Waals surface area contributed by atoms with E-state index in [1.807, 2.05) is 43.3 Å². The van der Waals surface area contributed by atoms with Crippen LogP contribution >= 0.6 is 15.9 Å². The maximum absolute atomic E-state index is 11.6. The maximum Gasteiger partial charge on any atom is 0.233 e. The lowest BCUT2D eigenvalue weighted by molar-refractivity contribution is -0.120. The predicted molar refractivity (Wildman–Crippen MR) is 97.7 cm³/mol. The minimum atomic E-state index is 0.00259. The van der Waals surface area contributed by atoms with Crippen LogP contribution in [0.25, 0.3) is 0 Å². The molecular formula is C18H22BrN3O2. The number of nitrogens with one attached hydrogen (secondary N) is 2. The minimum absolute atomic E-state index is 0.00259. The van der Waals surface area contributed by atoms with Crippen molar-refractivity contribution in [1.82, 2.24) is 15.6 Å². The van der Waals surface area contributed by atoms with Crippen LogP contribution in [0.5, 0.6) is 5.75 Å². The largest absolute Gasteiger partial charge is 0.487 e. The third-order valence-corrected chi connectivity index (χ3v) is 3.79. The van der Waals surface area contributed by atoms with Crippen LogP contribution in [0, 0.1) is 0 Å². The van der Waals surface area contributed by atoms with Crippen molar-refractivity contribution in [3.05, 3.63) is 58.3 Å². The molecule has 0 saturated carbocycles. The van der Waals surface area contributed by atoms with Crippen molar-refractivity contribution in [3.63, 3.8) is 0 Å².